The molecule has 2 aliphatic heterocycles. The lowest BCUT2D eigenvalue weighted by atomic mass is 10.1. The predicted octanol–water partition coefficient (Wildman–Crippen LogP) is 3.87. The Kier molecular flexibility index (Phi) is 7.81. The zero-order valence-corrected chi connectivity index (χ0v) is 18.5. The average molecular weight is 431 g/mol. The number of nitrogens with one attached hydrogen (secondary N) is 2. The van der Waals surface area contributed by atoms with Crippen LogP contribution in [0.1, 0.15) is 44.6 Å². The summed E-state index contributed by atoms with van der Waals surface area (Å²) in [5.74, 6) is 0.759. The van der Waals surface area contributed by atoms with Crippen LogP contribution >= 0.6 is 0 Å². The molecule has 0 amide bonds. The molecular formula is C24H35FN4O2. The molecule has 0 spiro atoms. The van der Waals surface area contributed by atoms with Gasteiger partial charge < -0.3 is 24.7 Å². The van der Waals surface area contributed by atoms with Crippen molar-refractivity contribution >= 4 is 16.9 Å². The summed E-state index contributed by atoms with van der Waals surface area (Å²) < 4.78 is 25.3. The van der Waals surface area contributed by atoms with Crippen LogP contribution in [0.5, 0.6) is 0 Å². The van der Waals surface area contributed by atoms with Crippen LogP contribution in [0.2, 0.25) is 0 Å². The number of guanidine groups is 1. The second kappa shape index (κ2) is 11.0. The molecule has 1 unspecified atom stereocenters. The Morgan fingerprint density at radius 2 is 2.16 bits per heavy atom. The number of aromatic nitrogens is 1. The van der Waals surface area contributed by atoms with E-state index in [1.165, 1.54) is 24.5 Å². The monoisotopic (exact) mass is 430 g/mol. The topological polar surface area (TPSA) is 61.9 Å². The first kappa shape index (κ1) is 22.1. The standard InChI is InChI=1S/C24H35FN4O2/c1-2-26-24(27-11-8-18-16-28-23-15-19(25)6-7-22(18)23)29-12-9-20(10-13-29)31-17-21-5-3-4-14-30-21/h6-7,15-16,20-21,28H,2-5,8-14,17H2,1H3,(H,26,27). The minimum atomic E-state index is -0.216. The largest absolute Gasteiger partial charge is 0.376 e. The number of ether oxygens (including phenoxy) is 2. The molecule has 2 aliphatic rings. The van der Waals surface area contributed by atoms with Crippen molar-refractivity contribution in [1.29, 1.82) is 0 Å². The van der Waals surface area contributed by atoms with Crippen molar-refractivity contribution in [3.63, 3.8) is 0 Å². The highest BCUT2D eigenvalue weighted by atomic mass is 19.1. The van der Waals surface area contributed by atoms with Gasteiger partial charge in [-0.15, -0.1) is 0 Å². The second-order valence-corrected chi connectivity index (χ2v) is 8.50. The van der Waals surface area contributed by atoms with Gasteiger partial charge >= 0.3 is 0 Å². The van der Waals surface area contributed by atoms with Gasteiger partial charge in [0.25, 0.3) is 0 Å². The van der Waals surface area contributed by atoms with Crippen LogP contribution in [0.3, 0.4) is 0 Å². The summed E-state index contributed by atoms with van der Waals surface area (Å²) >= 11 is 0. The van der Waals surface area contributed by atoms with Gasteiger partial charge in [-0.1, -0.05) is 0 Å². The maximum absolute atomic E-state index is 13.4. The SMILES string of the molecule is CCNC(=NCCc1c[nH]c2cc(F)ccc12)N1CCC(OCC2CCCCO2)CC1. The fraction of sp³-hybridized carbons (Fsp3) is 0.625. The van der Waals surface area contributed by atoms with Crippen molar-refractivity contribution in [2.45, 2.75) is 57.7 Å². The Labute approximate surface area is 184 Å². The lowest BCUT2D eigenvalue weighted by Gasteiger charge is -2.35. The minimum absolute atomic E-state index is 0.216. The number of aromatic amines is 1. The molecule has 2 aromatic rings. The molecule has 2 N–H and O–H groups in total. The van der Waals surface area contributed by atoms with Crippen molar-refractivity contribution in [3.8, 4) is 0 Å². The molecule has 1 aromatic heterocycles. The maximum Gasteiger partial charge on any atom is 0.193 e. The lowest BCUT2D eigenvalue weighted by Crippen LogP contribution is -2.47. The molecule has 0 bridgehead atoms. The number of rotatable bonds is 7. The van der Waals surface area contributed by atoms with E-state index in [1.54, 1.807) is 6.07 Å². The Morgan fingerprint density at radius 3 is 2.94 bits per heavy atom. The number of hydrogen-bond donors (Lipinski definition) is 2. The number of nitrogens with zero attached hydrogens (tertiary/aromatic N) is 2. The molecule has 7 heteroatoms. The summed E-state index contributed by atoms with van der Waals surface area (Å²) in [5, 5.41) is 4.50. The van der Waals surface area contributed by atoms with E-state index >= 15 is 0 Å². The molecule has 6 nitrogen and oxygen atoms in total. The van der Waals surface area contributed by atoms with Crippen LogP contribution in [0, 0.1) is 5.82 Å². The van der Waals surface area contributed by atoms with Crippen LogP contribution < -0.4 is 5.32 Å². The van der Waals surface area contributed by atoms with Gasteiger partial charge in [0.1, 0.15) is 5.82 Å². The van der Waals surface area contributed by atoms with Crippen molar-refractivity contribution in [1.82, 2.24) is 15.2 Å². The number of piperidine rings is 1. The summed E-state index contributed by atoms with van der Waals surface area (Å²) in [4.78, 5) is 10.4. The van der Waals surface area contributed by atoms with E-state index in [1.807, 2.05) is 12.3 Å². The smallest absolute Gasteiger partial charge is 0.193 e. The van der Waals surface area contributed by atoms with Crippen molar-refractivity contribution in [2.75, 3.05) is 39.4 Å². The van der Waals surface area contributed by atoms with E-state index in [9.17, 15) is 4.39 Å². The average Bonchev–Trinajstić information content (AvgIpc) is 3.20. The molecule has 0 aliphatic carbocycles. The van der Waals surface area contributed by atoms with E-state index in [0.717, 1.165) is 75.4 Å². The first-order valence-electron chi connectivity index (χ1n) is 11.7. The van der Waals surface area contributed by atoms with E-state index in [4.69, 9.17) is 14.5 Å². The lowest BCUT2D eigenvalue weighted by molar-refractivity contribution is -0.0721. The molecule has 0 saturated carbocycles. The molecule has 2 saturated heterocycles. The summed E-state index contributed by atoms with van der Waals surface area (Å²) in [5.41, 5.74) is 2.01. The number of fused-ring (bicyclic) bond motifs is 1. The number of halogens is 1. The Bertz CT molecular complexity index is 854. The summed E-state index contributed by atoms with van der Waals surface area (Å²) in [6.45, 7) is 7.16. The summed E-state index contributed by atoms with van der Waals surface area (Å²) in [6, 6.07) is 4.90. The van der Waals surface area contributed by atoms with Crippen LogP contribution in [0.4, 0.5) is 4.39 Å². The van der Waals surface area contributed by atoms with E-state index in [0.29, 0.717) is 12.6 Å². The van der Waals surface area contributed by atoms with Crippen molar-refractivity contribution < 1.29 is 13.9 Å². The summed E-state index contributed by atoms with van der Waals surface area (Å²) in [6.07, 6.45) is 8.98. The van der Waals surface area contributed by atoms with Crippen molar-refractivity contribution in [2.24, 2.45) is 4.99 Å². The Balaban J connectivity index is 1.26. The molecule has 31 heavy (non-hydrogen) atoms. The number of aliphatic imine (C=N–C) groups is 1. The van der Waals surface area contributed by atoms with Gasteiger partial charge in [0.15, 0.2) is 5.96 Å². The third kappa shape index (κ3) is 5.98. The van der Waals surface area contributed by atoms with Gasteiger partial charge in [0.2, 0.25) is 0 Å². The minimum Gasteiger partial charge on any atom is -0.376 e. The van der Waals surface area contributed by atoms with Crippen molar-refractivity contribution in [3.05, 3.63) is 35.8 Å². The highest BCUT2D eigenvalue weighted by Crippen LogP contribution is 2.20. The summed E-state index contributed by atoms with van der Waals surface area (Å²) in [7, 11) is 0. The molecule has 0 radical (unpaired) electrons. The molecule has 2 fully saturated rings. The highest BCUT2D eigenvalue weighted by Gasteiger charge is 2.23. The molecular weight excluding hydrogens is 395 g/mol. The molecule has 1 aromatic carbocycles. The Morgan fingerprint density at radius 1 is 1.29 bits per heavy atom. The van der Waals surface area contributed by atoms with Gasteiger partial charge in [-0.25, -0.2) is 4.39 Å². The maximum atomic E-state index is 13.4. The van der Waals surface area contributed by atoms with Crippen LogP contribution in [0.25, 0.3) is 10.9 Å². The van der Waals surface area contributed by atoms with Crippen LogP contribution in [-0.4, -0.2) is 67.4 Å². The number of H-pyrrole nitrogens is 1. The number of likely N-dealkylation sites (tertiary alicyclic amines) is 1. The van der Waals surface area contributed by atoms with Gasteiger partial charge in [0.05, 0.1) is 18.8 Å². The van der Waals surface area contributed by atoms with Crippen LogP contribution in [0.15, 0.2) is 29.4 Å². The fourth-order valence-corrected chi connectivity index (χ4v) is 4.49. The normalized spacial score (nSPS) is 21.0. The fourth-order valence-electron chi connectivity index (χ4n) is 4.49. The molecule has 170 valence electrons. The molecule has 3 heterocycles. The van der Waals surface area contributed by atoms with E-state index in [-0.39, 0.29) is 11.9 Å². The molecule has 4 rings (SSSR count). The van der Waals surface area contributed by atoms with E-state index in [2.05, 4.69) is 22.1 Å². The van der Waals surface area contributed by atoms with Gasteiger partial charge in [-0.2, -0.15) is 0 Å². The predicted molar refractivity (Wildman–Crippen MR) is 122 cm³/mol. The quantitative estimate of drug-likeness (QED) is 0.517. The first-order valence-corrected chi connectivity index (χ1v) is 11.7. The first-order chi connectivity index (χ1) is 15.2. The second-order valence-electron chi connectivity index (χ2n) is 8.50. The van der Waals surface area contributed by atoms with Gasteiger partial charge in [-0.05, 0) is 69.2 Å². The zero-order valence-electron chi connectivity index (χ0n) is 18.5. The number of hydrogen-bond acceptors (Lipinski definition) is 3. The zero-order chi connectivity index (χ0) is 21.5. The number of benzene rings is 1. The van der Waals surface area contributed by atoms with Gasteiger partial charge in [0, 0.05) is 49.9 Å². The third-order valence-corrected chi connectivity index (χ3v) is 6.24. The van der Waals surface area contributed by atoms with Gasteiger partial charge in [-0.3, -0.25) is 4.99 Å². The van der Waals surface area contributed by atoms with Crippen LogP contribution in [-0.2, 0) is 15.9 Å². The Hall–Kier alpha value is -2.12. The highest BCUT2D eigenvalue weighted by molar-refractivity contribution is 5.83. The van der Waals surface area contributed by atoms with E-state index < -0.39 is 0 Å². The third-order valence-electron chi connectivity index (χ3n) is 6.24. The molecule has 1 atom stereocenters.